The zero-order valence-corrected chi connectivity index (χ0v) is 33.5. The Balaban J connectivity index is 1.34. The van der Waals surface area contributed by atoms with E-state index >= 15 is 0 Å². The fourth-order valence-corrected chi connectivity index (χ4v) is 7.62. The van der Waals surface area contributed by atoms with Gasteiger partial charge < -0.3 is 29.7 Å². The van der Waals surface area contributed by atoms with Gasteiger partial charge in [0.1, 0.15) is 34.8 Å². The van der Waals surface area contributed by atoms with E-state index in [1.54, 1.807) is 27.7 Å². The molecule has 3 amide bonds. The molecule has 1 aromatic carbocycles. The summed E-state index contributed by atoms with van der Waals surface area (Å²) in [5.41, 5.74) is 1.35. The van der Waals surface area contributed by atoms with E-state index in [1.807, 2.05) is 65.7 Å². The van der Waals surface area contributed by atoms with E-state index in [2.05, 4.69) is 24.5 Å². The number of para-hydroxylation sites is 1. The van der Waals surface area contributed by atoms with E-state index < -0.39 is 53.2 Å². The van der Waals surface area contributed by atoms with Gasteiger partial charge in [-0.05, 0) is 91.3 Å². The largest absolute Gasteiger partial charge is 0.464 e. The standard InChI is InChI=1S/C41H57N7O7/c1-9-53-37(51)41-23-27(41)16-13-11-10-12-14-17-30(42-39(52)55-40(6,7)8)36(50)46-24-28(22-33(46)35(49)44-41)54-38-43-34-31(47-21-20-29(45-47)25(2)3)18-15-19-32(34)48(38)26(4)5/h13,15-16,18-21,25-28,30,33H,9-12,14,17,22-24H2,1-8H3,(H,42,52)(H,44,49)/b16-13-/t27-,28-,30+,33+,41-/m1/s1. The van der Waals surface area contributed by atoms with Gasteiger partial charge in [-0.25, -0.2) is 14.3 Å². The number of carbonyl (C=O) groups excluding carboxylic acids is 4. The van der Waals surface area contributed by atoms with Crippen molar-refractivity contribution >= 4 is 34.9 Å². The van der Waals surface area contributed by atoms with Gasteiger partial charge in [-0.1, -0.05) is 44.9 Å². The zero-order valence-electron chi connectivity index (χ0n) is 33.5. The molecule has 2 aromatic heterocycles. The molecule has 2 N–H and O–H groups in total. The minimum absolute atomic E-state index is 0.0393. The third-order valence-corrected chi connectivity index (χ3v) is 10.5. The van der Waals surface area contributed by atoms with Crippen molar-refractivity contribution in [1.82, 2.24) is 34.9 Å². The summed E-state index contributed by atoms with van der Waals surface area (Å²) in [6.45, 7) is 15.5. The molecule has 2 aliphatic heterocycles. The molecule has 0 bridgehead atoms. The molecule has 6 rings (SSSR count). The first-order valence-corrected chi connectivity index (χ1v) is 19.8. The number of ether oxygens (including phenoxy) is 3. The number of alkyl carbamates (subject to hydrolysis) is 1. The van der Waals surface area contributed by atoms with Crippen molar-refractivity contribution < 1.29 is 33.4 Å². The fourth-order valence-electron chi connectivity index (χ4n) is 7.62. The molecule has 298 valence electrons. The number of rotatable bonds is 8. The normalized spacial score (nSPS) is 25.5. The van der Waals surface area contributed by atoms with Crippen LogP contribution in [0.5, 0.6) is 6.01 Å². The Hall–Kier alpha value is -4.88. The number of nitrogens with zero attached hydrogens (tertiary/aromatic N) is 5. The van der Waals surface area contributed by atoms with Crippen LogP contribution in [-0.2, 0) is 23.9 Å². The topological polar surface area (TPSA) is 159 Å². The van der Waals surface area contributed by atoms with Crippen LogP contribution in [0.25, 0.3) is 16.7 Å². The average molecular weight is 760 g/mol. The number of amides is 3. The lowest BCUT2D eigenvalue weighted by Gasteiger charge is -2.30. The molecule has 1 saturated carbocycles. The molecule has 55 heavy (non-hydrogen) atoms. The van der Waals surface area contributed by atoms with Crippen molar-refractivity contribution in [1.29, 1.82) is 0 Å². The Morgan fingerprint density at radius 1 is 1.09 bits per heavy atom. The van der Waals surface area contributed by atoms with Gasteiger partial charge in [0.25, 0.3) is 6.01 Å². The van der Waals surface area contributed by atoms with Crippen LogP contribution in [0.15, 0.2) is 42.6 Å². The van der Waals surface area contributed by atoms with E-state index in [4.69, 9.17) is 24.3 Å². The SMILES string of the molecule is CCOC(=O)[C@@]12C[C@H]1/C=C\CCCCC[C@H](NC(=O)OC(C)(C)C)C(=O)N1C[C@H](Oc3nc4c(-n5ccc(C(C)C)n5)cccc4n3C(C)C)C[C@H]1C(=O)N2. The number of imidazole rings is 1. The Morgan fingerprint density at radius 3 is 2.56 bits per heavy atom. The molecule has 0 unspecified atom stereocenters. The molecule has 1 saturated heterocycles. The molecule has 0 spiro atoms. The number of fused-ring (bicyclic) bond motifs is 3. The number of hydrogen-bond donors (Lipinski definition) is 2. The first-order valence-electron chi connectivity index (χ1n) is 19.8. The smallest absolute Gasteiger partial charge is 0.408 e. The van der Waals surface area contributed by atoms with Crippen LogP contribution in [0.3, 0.4) is 0 Å². The van der Waals surface area contributed by atoms with Gasteiger partial charge in [0, 0.05) is 24.6 Å². The first-order chi connectivity index (χ1) is 26.1. The van der Waals surface area contributed by atoms with Gasteiger partial charge in [-0.15, -0.1) is 0 Å². The predicted octanol–water partition coefficient (Wildman–Crippen LogP) is 6.13. The maximum Gasteiger partial charge on any atom is 0.408 e. The van der Waals surface area contributed by atoms with Crippen LogP contribution < -0.4 is 15.4 Å². The summed E-state index contributed by atoms with van der Waals surface area (Å²) >= 11 is 0. The molecular formula is C41H57N7O7. The molecular weight excluding hydrogens is 702 g/mol. The number of aromatic nitrogens is 4. The van der Waals surface area contributed by atoms with Gasteiger partial charge in [-0.2, -0.15) is 10.1 Å². The second-order valence-corrected chi connectivity index (χ2v) is 16.6. The maximum absolute atomic E-state index is 14.6. The van der Waals surface area contributed by atoms with Gasteiger partial charge in [0.15, 0.2) is 0 Å². The molecule has 4 heterocycles. The van der Waals surface area contributed by atoms with Crippen molar-refractivity contribution in [2.75, 3.05) is 13.2 Å². The highest BCUT2D eigenvalue weighted by Crippen LogP contribution is 2.46. The molecule has 14 nitrogen and oxygen atoms in total. The lowest BCUT2D eigenvalue weighted by atomic mass is 10.0. The van der Waals surface area contributed by atoms with Crippen LogP contribution in [0.1, 0.15) is 118 Å². The van der Waals surface area contributed by atoms with Crippen molar-refractivity contribution in [3.63, 3.8) is 0 Å². The van der Waals surface area contributed by atoms with E-state index in [1.165, 1.54) is 4.90 Å². The Morgan fingerprint density at radius 2 is 1.87 bits per heavy atom. The van der Waals surface area contributed by atoms with Crippen LogP contribution in [0, 0.1) is 5.92 Å². The third kappa shape index (κ3) is 8.68. The predicted molar refractivity (Wildman–Crippen MR) is 207 cm³/mol. The molecule has 2 fully saturated rings. The van der Waals surface area contributed by atoms with Crippen molar-refractivity contribution in [2.45, 2.75) is 142 Å². The summed E-state index contributed by atoms with van der Waals surface area (Å²) in [6.07, 6.45) is 8.71. The summed E-state index contributed by atoms with van der Waals surface area (Å²) < 4.78 is 21.5. The van der Waals surface area contributed by atoms with Gasteiger partial charge >= 0.3 is 12.1 Å². The lowest BCUT2D eigenvalue weighted by molar-refractivity contribution is -0.150. The second kappa shape index (κ2) is 16.1. The number of carbonyl (C=O) groups is 4. The van der Waals surface area contributed by atoms with Gasteiger partial charge in [0.05, 0.1) is 30.0 Å². The molecule has 14 heteroatoms. The van der Waals surface area contributed by atoms with Crippen molar-refractivity contribution in [3.8, 4) is 11.7 Å². The van der Waals surface area contributed by atoms with Gasteiger partial charge in [-0.3, -0.25) is 14.2 Å². The number of nitrogens with one attached hydrogen (secondary N) is 2. The highest BCUT2D eigenvalue weighted by molar-refractivity contribution is 5.96. The average Bonchev–Trinajstić information content (AvgIpc) is 3.48. The monoisotopic (exact) mass is 759 g/mol. The van der Waals surface area contributed by atoms with Crippen LogP contribution in [-0.4, -0.2) is 90.6 Å². The third-order valence-electron chi connectivity index (χ3n) is 10.5. The summed E-state index contributed by atoms with van der Waals surface area (Å²) in [6, 6.07) is 6.30. The van der Waals surface area contributed by atoms with Crippen LogP contribution in [0.2, 0.25) is 0 Å². The highest BCUT2D eigenvalue weighted by atomic mass is 16.6. The number of benzene rings is 1. The quantitative estimate of drug-likeness (QED) is 0.204. The maximum atomic E-state index is 14.6. The molecule has 0 radical (unpaired) electrons. The van der Waals surface area contributed by atoms with Crippen molar-refractivity contribution in [2.24, 2.45) is 5.92 Å². The van der Waals surface area contributed by atoms with Crippen molar-refractivity contribution in [3.05, 3.63) is 48.3 Å². The van der Waals surface area contributed by atoms with Crippen LogP contribution >= 0.6 is 0 Å². The minimum atomic E-state index is -1.21. The number of allylic oxidation sites excluding steroid dienone is 1. The van der Waals surface area contributed by atoms with E-state index in [-0.39, 0.29) is 37.5 Å². The van der Waals surface area contributed by atoms with E-state index in [0.29, 0.717) is 30.8 Å². The Labute approximate surface area is 323 Å². The Kier molecular flexibility index (Phi) is 11.6. The highest BCUT2D eigenvalue weighted by Gasteiger charge is 2.62. The Bertz CT molecular complexity index is 1920. The number of esters is 1. The summed E-state index contributed by atoms with van der Waals surface area (Å²) in [7, 11) is 0. The minimum Gasteiger partial charge on any atom is -0.464 e. The molecule has 1 aliphatic carbocycles. The summed E-state index contributed by atoms with van der Waals surface area (Å²) in [4.78, 5) is 61.8. The lowest BCUT2D eigenvalue weighted by Crippen LogP contribution is -2.56. The molecule has 5 atom stereocenters. The summed E-state index contributed by atoms with van der Waals surface area (Å²) in [5.74, 6) is -1.34. The number of hydrogen-bond acceptors (Lipinski definition) is 9. The summed E-state index contributed by atoms with van der Waals surface area (Å²) in [5, 5.41) is 10.6. The van der Waals surface area contributed by atoms with E-state index in [9.17, 15) is 19.2 Å². The fraction of sp³-hybridized carbons (Fsp3) is 0.610. The van der Waals surface area contributed by atoms with E-state index in [0.717, 1.165) is 36.2 Å². The van der Waals surface area contributed by atoms with Crippen LogP contribution in [0.4, 0.5) is 4.79 Å². The molecule has 3 aromatic rings. The first kappa shape index (κ1) is 39.8. The molecule has 3 aliphatic rings. The van der Waals surface area contributed by atoms with Gasteiger partial charge in [0.2, 0.25) is 11.8 Å². The second-order valence-electron chi connectivity index (χ2n) is 16.6. The zero-order chi connectivity index (χ0) is 39.7.